The van der Waals surface area contributed by atoms with Crippen LogP contribution in [-0.2, 0) is 4.79 Å². The van der Waals surface area contributed by atoms with Gasteiger partial charge in [0.25, 0.3) is 0 Å². The van der Waals surface area contributed by atoms with Gasteiger partial charge in [-0.1, -0.05) is 67.2 Å². The number of ketones is 1. The highest BCUT2D eigenvalue weighted by Gasteiger charge is 2.16. The van der Waals surface area contributed by atoms with Gasteiger partial charge >= 0.3 is 0 Å². The Morgan fingerprint density at radius 2 is 1.60 bits per heavy atom. The third-order valence-electron chi connectivity index (χ3n) is 3.24. The molecule has 2 rings (SSSR count). The van der Waals surface area contributed by atoms with E-state index in [0.29, 0.717) is 11.1 Å². The standard InChI is InChI=1S/C17H16O2S/c1-12(17(19)20-2)14-9-6-10-15(11-14)16(18)13-7-4-3-5-8-13/h3-12H,1-2H3/t12-/m1/s1. The fourth-order valence-electron chi connectivity index (χ4n) is 2.02. The number of rotatable bonds is 4. The van der Waals surface area contributed by atoms with Crippen LogP contribution in [0.2, 0.25) is 0 Å². The summed E-state index contributed by atoms with van der Waals surface area (Å²) >= 11 is 1.21. The van der Waals surface area contributed by atoms with E-state index in [4.69, 9.17) is 0 Å². The molecular formula is C17H16O2S. The van der Waals surface area contributed by atoms with Gasteiger partial charge in [-0.15, -0.1) is 0 Å². The van der Waals surface area contributed by atoms with Crippen LogP contribution in [0.15, 0.2) is 54.6 Å². The van der Waals surface area contributed by atoms with Crippen LogP contribution in [0.3, 0.4) is 0 Å². The third-order valence-corrected chi connectivity index (χ3v) is 4.00. The summed E-state index contributed by atoms with van der Waals surface area (Å²) in [5.74, 6) is -0.218. The van der Waals surface area contributed by atoms with Crippen molar-refractivity contribution in [1.82, 2.24) is 0 Å². The SMILES string of the molecule is CSC(=O)[C@H](C)c1cccc(C(=O)c2ccccc2)c1. The van der Waals surface area contributed by atoms with E-state index in [-0.39, 0.29) is 16.8 Å². The summed E-state index contributed by atoms with van der Waals surface area (Å²) in [5, 5.41) is 0.106. The van der Waals surface area contributed by atoms with E-state index in [9.17, 15) is 9.59 Å². The van der Waals surface area contributed by atoms with Gasteiger partial charge in [0.2, 0.25) is 0 Å². The second-order valence-electron chi connectivity index (χ2n) is 4.57. The Hall–Kier alpha value is -1.87. The number of thioether (sulfide) groups is 1. The van der Waals surface area contributed by atoms with Gasteiger partial charge in [-0.2, -0.15) is 0 Å². The van der Waals surface area contributed by atoms with E-state index in [2.05, 4.69) is 0 Å². The predicted octanol–water partition coefficient (Wildman–Crippen LogP) is 3.91. The molecule has 0 aliphatic heterocycles. The molecular weight excluding hydrogens is 268 g/mol. The molecule has 20 heavy (non-hydrogen) atoms. The number of hydrogen-bond acceptors (Lipinski definition) is 3. The van der Waals surface area contributed by atoms with Crippen molar-refractivity contribution in [1.29, 1.82) is 0 Å². The molecule has 0 spiro atoms. The first-order valence-electron chi connectivity index (χ1n) is 6.41. The first-order valence-corrected chi connectivity index (χ1v) is 7.63. The molecule has 2 aromatic carbocycles. The Morgan fingerprint density at radius 1 is 0.950 bits per heavy atom. The maximum absolute atomic E-state index is 12.4. The predicted molar refractivity (Wildman–Crippen MR) is 83.3 cm³/mol. The first kappa shape index (κ1) is 14.5. The molecule has 0 aromatic heterocycles. The van der Waals surface area contributed by atoms with E-state index >= 15 is 0 Å². The van der Waals surface area contributed by atoms with Gasteiger partial charge in [0.1, 0.15) is 0 Å². The summed E-state index contributed by atoms with van der Waals surface area (Å²) in [4.78, 5) is 24.1. The average Bonchev–Trinajstić information content (AvgIpc) is 2.53. The quantitative estimate of drug-likeness (QED) is 0.798. The molecule has 2 nitrogen and oxygen atoms in total. The third kappa shape index (κ3) is 3.17. The van der Waals surface area contributed by atoms with Crippen LogP contribution in [0.1, 0.15) is 34.3 Å². The Balaban J connectivity index is 2.31. The van der Waals surface area contributed by atoms with Gasteiger partial charge in [0.05, 0.1) is 5.92 Å². The van der Waals surface area contributed by atoms with Crippen molar-refractivity contribution in [2.75, 3.05) is 6.26 Å². The highest BCUT2D eigenvalue weighted by atomic mass is 32.2. The van der Waals surface area contributed by atoms with E-state index in [0.717, 1.165) is 5.56 Å². The molecule has 0 aliphatic carbocycles. The van der Waals surface area contributed by atoms with Crippen molar-refractivity contribution in [2.24, 2.45) is 0 Å². The molecule has 0 N–H and O–H groups in total. The molecule has 0 aliphatic rings. The molecule has 3 heteroatoms. The topological polar surface area (TPSA) is 34.1 Å². The van der Waals surface area contributed by atoms with Gasteiger partial charge < -0.3 is 0 Å². The second-order valence-corrected chi connectivity index (χ2v) is 5.38. The normalized spacial score (nSPS) is 11.9. The lowest BCUT2D eigenvalue weighted by atomic mass is 9.96. The highest BCUT2D eigenvalue weighted by Crippen LogP contribution is 2.22. The van der Waals surface area contributed by atoms with E-state index < -0.39 is 0 Å². The van der Waals surface area contributed by atoms with Crippen molar-refractivity contribution in [3.8, 4) is 0 Å². The summed E-state index contributed by atoms with van der Waals surface area (Å²) in [6, 6.07) is 16.5. The lowest BCUT2D eigenvalue weighted by Gasteiger charge is -2.10. The first-order chi connectivity index (χ1) is 9.63. The Bertz CT molecular complexity index is 620. The van der Waals surface area contributed by atoms with Crippen molar-refractivity contribution in [2.45, 2.75) is 12.8 Å². The highest BCUT2D eigenvalue weighted by molar-refractivity contribution is 8.13. The minimum atomic E-state index is -0.200. The van der Waals surface area contributed by atoms with Gasteiger partial charge in [-0.05, 0) is 17.9 Å². The molecule has 1 atom stereocenters. The summed E-state index contributed by atoms with van der Waals surface area (Å²) in [6.07, 6.45) is 1.78. The Morgan fingerprint density at radius 3 is 2.25 bits per heavy atom. The van der Waals surface area contributed by atoms with Crippen LogP contribution in [0.4, 0.5) is 0 Å². The van der Waals surface area contributed by atoms with Gasteiger partial charge in [0, 0.05) is 11.1 Å². The smallest absolute Gasteiger partial charge is 0.195 e. The molecule has 0 radical (unpaired) electrons. The van der Waals surface area contributed by atoms with E-state index in [1.54, 1.807) is 24.5 Å². The van der Waals surface area contributed by atoms with Gasteiger partial charge in [-0.25, -0.2) is 0 Å². The van der Waals surface area contributed by atoms with Crippen molar-refractivity contribution in [3.05, 3.63) is 71.3 Å². The number of carbonyl (C=O) groups excluding carboxylic acids is 2. The van der Waals surface area contributed by atoms with Crippen molar-refractivity contribution in [3.63, 3.8) is 0 Å². The summed E-state index contributed by atoms with van der Waals surface area (Å²) in [5.41, 5.74) is 2.16. The molecule has 0 saturated carbocycles. The second kappa shape index (κ2) is 6.53. The molecule has 0 heterocycles. The van der Waals surface area contributed by atoms with Crippen LogP contribution < -0.4 is 0 Å². The Labute approximate surface area is 123 Å². The molecule has 0 amide bonds. The maximum atomic E-state index is 12.4. The summed E-state index contributed by atoms with van der Waals surface area (Å²) < 4.78 is 0. The monoisotopic (exact) mass is 284 g/mol. The molecule has 2 aromatic rings. The van der Waals surface area contributed by atoms with Crippen LogP contribution >= 0.6 is 11.8 Å². The number of benzene rings is 2. The average molecular weight is 284 g/mol. The fourth-order valence-corrected chi connectivity index (χ4v) is 2.51. The lowest BCUT2D eigenvalue weighted by Crippen LogP contribution is -2.07. The van der Waals surface area contributed by atoms with Gasteiger partial charge in [-0.3, -0.25) is 9.59 Å². The summed E-state index contributed by atoms with van der Waals surface area (Å²) in [6.45, 7) is 1.87. The van der Waals surface area contributed by atoms with Crippen LogP contribution in [0, 0.1) is 0 Å². The molecule has 102 valence electrons. The van der Waals surface area contributed by atoms with E-state index in [1.807, 2.05) is 43.3 Å². The van der Waals surface area contributed by atoms with Crippen LogP contribution in [-0.4, -0.2) is 17.2 Å². The number of carbonyl (C=O) groups is 2. The zero-order chi connectivity index (χ0) is 14.5. The minimum absolute atomic E-state index is 0.0174. The zero-order valence-corrected chi connectivity index (χ0v) is 12.3. The Kier molecular flexibility index (Phi) is 4.74. The maximum Gasteiger partial charge on any atom is 0.195 e. The minimum Gasteiger partial charge on any atom is -0.289 e. The van der Waals surface area contributed by atoms with Crippen molar-refractivity contribution >= 4 is 22.7 Å². The van der Waals surface area contributed by atoms with E-state index in [1.165, 1.54) is 11.8 Å². The molecule has 0 unspecified atom stereocenters. The van der Waals surface area contributed by atoms with Gasteiger partial charge in [0.15, 0.2) is 10.9 Å². The zero-order valence-electron chi connectivity index (χ0n) is 11.5. The fraction of sp³-hybridized carbons (Fsp3) is 0.176. The van der Waals surface area contributed by atoms with Crippen LogP contribution in [0.25, 0.3) is 0 Å². The molecule has 0 fully saturated rings. The molecule has 0 bridgehead atoms. The molecule has 0 saturated heterocycles. The lowest BCUT2D eigenvalue weighted by molar-refractivity contribution is -0.111. The van der Waals surface area contributed by atoms with Crippen LogP contribution in [0.5, 0.6) is 0 Å². The van der Waals surface area contributed by atoms with Crippen molar-refractivity contribution < 1.29 is 9.59 Å². The largest absolute Gasteiger partial charge is 0.289 e. The number of hydrogen-bond donors (Lipinski definition) is 0. The summed E-state index contributed by atoms with van der Waals surface area (Å²) in [7, 11) is 0.